The van der Waals surface area contributed by atoms with E-state index in [-0.39, 0.29) is 17.7 Å². The van der Waals surface area contributed by atoms with E-state index < -0.39 is 0 Å². The van der Waals surface area contributed by atoms with Crippen LogP contribution in [0.3, 0.4) is 0 Å². The summed E-state index contributed by atoms with van der Waals surface area (Å²) in [5, 5.41) is 10.5. The minimum Gasteiger partial charge on any atom is -0.497 e. The predicted octanol–water partition coefficient (Wildman–Crippen LogP) is 3.71. The molecule has 0 fully saturated rings. The Hall–Kier alpha value is -2.80. The van der Waals surface area contributed by atoms with Gasteiger partial charge in [0.15, 0.2) is 0 Å². The first-order chi connectivity index (χ1) is 12.6. The van der Waals surface area contributed by atoms with Gasteiger partial charge in [-0.15, -0.1) is 16.9 Å². The van der Waals surface area contributed by atoms with Crippen molar-refractivity contribution >= 4 is 23.7 Å². The highest BCUT2D eigenvalue weighted by Crippen LogP contribution is 2.21. The van der Waals surface area contributed by atoms with Crippen LogP contribution < -0.4 is 10.1 Å². The molecule has 0 atom stereocenters. The van der Waals surface area contributed by atoms with Crippen LogP contribution in [0.4, 0.5) is 6.01 Å². The summed E-state index contributed by atoms with van der Waals surface area (Å²) in [4.78, 5) is 13.0. The molecule has 0 aliphatic carbocycles. The standard InChI is InChI=1S/C19H19N3O3S/c1-13-3-5-14(6-4-13)11-18-21-22-19(25-18)20-17(23)12-26-16-9-7-15(24-2)8-10-16/h3-10H,11-12H2,1-2H3,(H,20,22,23). The fourth-order valence-corrected chi connectivity index (χ4v) is 2.93. The van der Waals surface area contributed by atoms with Crippen molar-refractivity contribution in [2.75, 3.05) is 18.2 Å². The number of anilines is 1. The van der Waals surface area contributed by atoms with Gasteiger partial charge in [-0.05, 0) is 36.8 Å². The van der Waals surface area contributed by atoms with Gasteiger partial charge in [0.1, 0.15) is 5.75 Å². The molecule has 7 heteroatoms. The Kier molecular flexibility index (Phi) is 5.91. The summed E-state index contributed by atoms with van der Waals surface area (Å²) in [5.41, 5.74) is 2.27. The largest absolute Gasteiger partial charge is 0.497 e. The maximum absolute atomic E-state index is 12.0. The number of ether oxygens (including phenoxy) is 1. The normalized spacial score (nSPS) is 10.5. The molecular formula is C19H19N3O3S. The molecule has 3 rings (SSSR count). The second kappa shape index (κ2) is 8.53. The number of nitrogens with one attached hydrogen (secondary N) is 1. The highest BCUT2D eigenvalue weighted by molar-refractivity contribution is 8.00. The third-order valence-corrected chi connectivity index (χ3v) is 4.63. The van der Waals surface area contributed by atoms with Gasteiger partial charge in [0, 0.05) is 4.90 Å². The number of amides is 1. The number of thioether (sulfide) groups is 1. The molecule has 0 aliphatic heterocycles. The van der Waals surface area contributed by atoms with Crippen LogP contribution in [0, 0.1) is 6.92 Å². The van der Waals surface area contributed by atoms with E-state index in [4.69, 9.17) is 9.15 Å². The summed E-state index contributed by atoms with van der Waals surface area (Å²) < 4.78 is 10.6. The smallest absolute Gasteiger partial charge is 0.322 e. The van der Waals surface area contributed by atoms with Crippen LogP contribution in [0.1, 0.15) is 17.0 Å². The van der Waals surface area contributed by atoms with Gasteiger partial charge in [-0.1, -0.05) is 34.9 Å². The molecule has 0 radical (unpaired) electrons. The van der Waals surface area contributed by atoms with E-state index in [1.807, 2.05) is 55.5 Å². The topological polar surface area (TPSA) is 77.2 Å². The molecule has 1 amide bonds. The Labute approximate surface area is 156 Å². The van der Waals surface area contributed by atoms with Crippen molar-refractivity contribution in [2.45, 2.75) is 18.2 Å². The Balaban J connectivity index is 1.49. The average Bonchev–Trinajstić information content (AvgIpc) is 3.09. The minimum atomic E-state index is -0.198. The van der Waals surface area contributed by atoms with Crippen LogP contribution in [0.5, 0.6) is 5.75 Å². The first-order valence-corrected chi connectivity index (χ1v) is 9.05. The van der Waals surface area contributed by atoms with Gasteiger partial charge in [0.25, 0.3) is 0 Å². The molecule has 134 valence electrons. The number of aryl methyl sites for hydroxylation is 1. The van der Waals surface area contributed by atoms with Crippen LogP contribution in [0.15, 0.2) is 57.8 Å². The van der Waals surface area contributed by atoms with Gasteiger partial charge >= 0.3 is 6.01 Å². The number of nitrogens with zero attached hydrogens (tertiary/aromatic N) is 2. The Morgan fingerprint density at radius 2 is 1.85 bits per heavy atom. The summed E-state index contributed by atoms with van der Waals surface area (Å²) in [6.07, 6.45) is 0.531. The molecule has 0 unspecified atom stereocenters. The molecule has 2 aromatic carbocycles. The summed E-state index contributed by atoms with van der Waals surface area (Å²) in [6, 6.07) is 15.7. The second-order valence-corrected chi connectivity index (χ2v) is 6.72. The number of benzene rings is 2. The highest BCUT2D eigenvalue weighted by Gasteiger charge is 2.11. The van der Waals surface area contributed by atoms with Gasteiger partial charge in [0.05, 0.1) is 19.3 Å². The summed E-state index contributed by atoms with van der Waals surface area (Å²) in [6.45, 7) is 2.04. The lowest BCUT2D eigenvalue weighted by molar-refractivity contribution is -0.113. The predicted molar refractivity (Wildman–Crippen MR) is 101 cm³/mol. The first-order valence-electron chi connectivity index (χ1n) is 8.07. The van der Waals surface area contributed by atoms with Gasteiger partial charge in [-0.3, -0.25) is 10.1 Å². The van der Waals surface area contributed by atoms with E-state index in [1.54, 1.807) is 7.11 Å². The van der Waals surface area contributed by atoms with Gasteiger partial charge in [0.2, 0.25) is 11.8 Å². The van der Waals surface area contributed by atoms with Crippen molar-refractivity contribution in [1.29, 1.82) is 0 Å². The molecule has 1 aromatic heterocycles. The lowest BCUT2D eigenvalue weighted by atomic mass is 10.1. The van der Waals surface area contributed by atoms with Crippen molar-refractivity contribution in [3.05, 3.63) is 65.5 Å². The molecular weight excluding hydrogens is 350 g/mol. The molecule has 3 aromatic rings. The maximum Gasteiger partial charge on any atom is 0.322 e. The summed E-state index contributed by atoms with van der Waals surface area (Å²) >= 11 is 1.42. The van der Waals surface area contributed by atoms with Gasteiger partial charge < -0.3 is 9.15 Å². The zero-order valence-electron chi connectivity index (χ0n) is 14.6. The summed E-state index contributed by atoms with van der Waals surface area (Å²) in [7, 11) is 1.62. The van der Waals surface area contributed by atoms with E-state index in [1.165, 1.54) is 17.3 Å². The highest BCUT2D eigenvalue weighted by atomic mass is 32.2. The van der Waals surface area contributed by atoms with E-state index >= 15 is 0 Å². The van der Waals surface area contributed by atoms with Crippen LogP contribution in [0.25, 0.3) is 0 Å². The monoisotopic (exact) mass is 369 g/mol. The number of rotatable bonds is 7. The Bertz CT molecular complexity index is 860. The minimum absolute atomic E-state index is 0.118. The van der Waals surface area contributed by atoms with Gasteiger partial charge in [-0.25, -0.2) is 0 Å². The van der Waals surface area contributed by atoms with Gasteiger partial charge in [-0.2, -0.15) is 0 Å². The second-order valence-electron chi connectivity index (χ2n) is 5.68. The zero-order chi connectivity index (χ0) is 18.4. The van der Waals surface area contributed by atoms with E-state index in [0.717, 1.165) is 16.2 Å². The number of carbonyl (C=O) groups is 1. The fraction of sp³-hybridized carbons (Fsp3) is 0.211. The Morgan fingerprint density at radius 3 is 2.54 bits per heavy atom. The molecule has 0 spiro atoms. The molecule has 0 saturated carbocycles. The van der Waals surface area contributed by atoms with E-state index in [9.17, 15) is 4.79 Å². The van der Waals surface area contributed by atoms with Crippen molar-refractivity contribution < 1.29 is 13.9 Å². The number of hydrogen-bond acceptors (Lipinski definition) is 6. The molecule has 0 saturated heterocycles. The third kappa shape index (κ3) is 5.10. The Morgan fingerprint density at radius 1 is 1.12 bits per heavy atom. The van der Waals surface area contributed by atoms with Crippen LogP contribution in [-0.4, -0.2) is 29.0 Å². The average molecular weight is 369 g/mol. The number of carbonyl (C=O) groups excluding carboxylic acids is 1. The molecule has 6 nitrogen and oxygen atoms in total. The lowest BCUT2D eigenvalue weighted by Gasteiger charge is -2.03. The van der Waals surface area contributed by atoms with Crippen molar-refractivity contribution in [3.63, 3.8) is 0 Å². The van der Waals surface area contributed by atoms with Crippen molar-refractivity contribution in [2.24, 2.45) is 0 Å². The summed E-state index contributed by atoms with van der Waals surface area (Å²) in [5.74, 6) is 1.30. The number of hydrogen-bond donors (Lipinski definition) is 1. The molecule has 0 aliphatic rings. The third-order valence-electron chi connectivity index (χ3n) is 3.62. The molecule has 0 bridgehead atoms. The maximum atomic E-state index is 12.0. The number of methoxy groups -OCH3 is 1. The SMILES string of the molecule is COc1ccc(SCC(=O)Nc2nnc(Cc3ccc(C)cc3)o2)cc1. The number of aromatic nitrogens is 2. The van der Waals surface area contributed by atoms with E-state index in [2.05, 4.69) is 15.5 Å². The van der Waals surface area contributed by atoms with Crippen LogP contribution in [0.2, 0.25) is 0 Å². The molecule has 1 N–H and O–H groups in total. The van der Waals surface area contributed by atoms with Crippen LogP contribution >= 0.6 is 11.8 Å². The van der Waals surface area contributed by atoms with Crippen molar-refractivity contribution in [3.8, 4) is 5.75 Å². The lowest BCUT2D eigenvalue weighted by Crippen LogP contribution is -2.14. The quantitative estimate of drug-likeness (QED) is 0.640. The van der Waals surface area contributed by atoms with Crippen LogP contribution in [-0.2, 0) is 11.2 Å². The molecule has 26 heavy (non-hydrogen) atoms. The van der Waals surface area contributed by atoms with E-state index in [0.29, 0.717) is 12.3 Å². The molecule has 1 heterocycles. The van der Waals surface area contributed by atoms with Crippen molar-refractivity contribution in [1.82, 2.24) is 10.2 Å². The zero-order valence-corrected chi connectivity index (χ0v) is 15.4. The first kappa shape index (κ1) is 18.0. The fourth-order valence-electron chi connectivity index (χ4n) is 2.23.